The van der Waals surface area contributed by atoms with Gasteiger partial charge < -0.3 is 0 Å². The Morgan fingerprint density at radius 3 is 2.53 bits per heavy atom. The first-order valence-corrected chi connectivity index (χ1v) is 6.90. The average molecular weight is 348 g/mol. The minimum absolute atomic E-state index is 0.212. The van der Waals surface area contributed by atoms with Crippen LogP contribution in [0.5, 0.6) is 0 Å². The van der Waals surface area contributed by atoms with Gasteiger partial charge in [-0.25, -0.2) is 8.78 Å². The van der Waals surface area contributed by atoms with Gasteiger partial charge in [0.15, 0.2) is 0 Å². The van der Waals surface area contributed by atoms with E-state index in [-0.39, 0.29) is 9.60 Å². The molecule has 1 aromatic carbocycles. The summed E-state index contributed by atoms with van der Waals surface area (Å²) in [6.07, 6.45) is 0.675. The standard InChI is InChI=1S/C11H8BrF2N3OS/c1-2-8-16-17-11(19-8)15-10(18)9-6(13)3-5(12)4-7(9)14/h3-4H,2H2,1H3,(H,15,17,18). The minimum Gasteiger partial charge on any atom is -0.296 e. The zero-order valence-electron chi connectivity index (χ0n) is 9.71. The molecular weight excluding hydrogens is 340 g/mol. The number of nitrogens with one attached hydrogen (secondary N) is 1. The highest BCUT2D eigenvalue weighted by Gasteiger charge is 2.19. The van der Waals surface area contributed by atoms with Gasteiger partial charge in [0, 0.05) is 4.47 Å². The maximum absolute atomic E-state index is 13.6. The van der Waals surface area contributed by atoms with Crippen LogP contribution in [0.4, 0.5) is 13.9 Å². The molecule has 1 aromatic heterocycles. The predicted molar refractivity (Wildman–Crippen MR) is 71.3 cm³/mol. The summed E-state index contributed by atoms with van der Waals surface area (Å²) in [5, 5.41) is 10.8. The molecule has 0 unspecified atom stereocenters. The van der Waals surface area contributed by atoms with Crippen molar-refractivity contribution in [3.63, 3.8) is 0 Å². The highest BCUT2D eigenvalue weighted by Crippen LogP contribution is 2.22. The van der Waals surface area contributed by atoms with Crippen molar-refractivity contribution in [2.45, 2.75) is 13.3 Å². The summed E-state index contributed by atoms with van der Waals surface area (Å²) in [5.74, 6) is -2.77. The maximum atomic E-state index is 13.6. The van der Waals surface area contributed by atoms with Gasteiger partial charge in [0.1, 0.15) is 22.2 Å². The minimum atomic E-state index is -0.940. The van der Waals surface area contributed by atoms with Gasteiger partial charge in [0.2, 0.25) is 5.13 Å². The molecule has 0 radical (unpaired) electrons. The first-order chi connectivity index (χ1) is 9.01. The third-order valence-electron chi connectivity index (χ3n) is 2.22. The Kier molecular flexibility index (Phi) is 4.20. The molecule has 8 heteroatoms. The summed E-state index contributed by atoms with van der Waals surface area (Å²) in [6, 6.07) is 2.05. The fourth-order valence-corrected chi connectivity index (χ4v) is 2.44. The molecule has 0 aliphatic carbocycles. The van der Waals surface area contributed by atoms with Crippen molar-refractivity contribution in [3.05, 3.63) is 38.8 Å². The average Bonchev–Trinajstić information content (AvgIpc) is 2.75. The molecule has 0 atom stereocenters. The number of nitrogens with zero attached hydrogens (tertiary/aromatic N) is 2. The number of amides is 1. The molecule has 19 heavy (non-hydrogen) atoms. The number of rotatable bonds is 3. The van der Waals surface area contributed by atoms with E-state index in [0.29, 0.717) is 6.42 Å². The number of carbonyl (C=O) groups excluding carboxylic acids is 1. The Bertz CT molecular complexity index is 609. The van der Waals surface area contributed by atoms with Gasteiger partial charge in [-0.15, -0.1) is 10.2 Å². The first kappa shape index (κ1) is 14.0. The third-order valence-corrected chi connectivity index (χ3v) is 3.66. The van der Waals surface area contributed by atoms with Gasteiger partial charge in [0.25, 0.3) is 5.91 Å². The van der Waals surface area contributed by atoms with Crippen molar-refractivity contribution in [2.75, 3.05) is 5.32 Å². The van der Waals surface area contributed by atoms with Crippen LogP contribution in [0.1, 0.15) is 22.3 Å². The molecule has 2 aromatic rings. The molecule has 0 saturated carbocycles. The fraction of sp³-hybridized carbons (Fsp3) is 0.182. The number of carbonyl (C=O) groups is 1. The Morgan fingerprint density at radius 1 is 1.37 bits per heavy atom. The van der Waals surface area contributed by atoms with Crippen molar-refractivity contribution < 1.29 is 13.6 Å². The molecule has 4 nitrogen and oxygen atoms in total. The van der Waals surface area contributed by atoms with E-state index in [1.54, 1.807) is 0 Å². The second kappa shape index (κ2) is 5.70. The molecule has 2 rings (SSSR count). The first-order valence-electron chi connectivity index (χ1n) is 5.29. The number of hydrogen-bond donors (Lipinski definition) is 1. The van der Waals surface area contributed by atoms with Crippen LogP contribution in [0, 0.1) is 11.6 Å². The van der Waals surface area contributed by atoms with E-state index in [2.05, 4.69) is 31.4 Å². The van der Waals surface area contributed by atoms with Crippen molar-refractivity contribution >= 4 is 38.3 Å². The Morgan fingerprint density at radius 2 is 2.00 bits per heavy atom. The smallest absolute Gasteiger partial charge is 0.263 e. The summed E-state index contributed by atoms with van der Waals surface area (Å²) in [6.45, 7) is 1.89. The summed E-state index contributed by atoms with van der Waals surface area (Å²) in [5.41, 5.74) is -0.642. The topological polar surface area (TPSA) is 54.9 Å². The highest BCUT2D eigenvalue weighted by molar-refractivity contribution is 9.10. The van der Waals surface area contributed by atoms with Crippen molar-refractivity contribution in [1.82, 2.24) is 10.2 Å². The second-order valence-corrected chi connectivity index (χ2v) is 5.53. The van der Waals surface area contributed by atoms with Crippen LogP contribution >= 0.6 is 27.3 Å². The molecule has 0 aliphatic heterocycles. The zero-order valence-corrected chi connectivity index (χ0v) is 12.1. The Hall–Kier alpha value is -1.41. The Balaban J connectivity index is 2.25. The van der Waals surface area contributed by atoms with Crippen LogP contribution in [0.25, 0.3) is 0 Å². The summed E-state index contributed by atoms with van der Waals surface area (Å²) in [4.78, 5) is 11.8. The largest absolute Gasteiger partial charge is 0.296 e. The number of halogens is 3. The molecule has 0 bridgehead atoms. The van der Waals surface area contributed by atoms with E-state index in [9.17, 15) is 13.6 Å². The lowest BCUT2D eigenvalue weighted by Gasteiger charge is -2.04. The van der Waals surface area contributed by atoms with Crippen LogP contribution in [-0.4, -0.2) is 16.1 Å². The zero-order chi connectivity index (χ0) is 14.0. The normalized spacial score (nSPS) is 10.5. The van der Waals surface area contributed by atoms with Gasteiger partial charge in [-0.2, -0.15) is 0 Å². The van der Waals surface area contributed by atoms with Crippen molar-refractivity contribution in [1.29, 1.82) is 0 Å². The molecule has 0 aliphatic rings. The predicted octanol–water partition coefficient (Wildman–Crippen LogP) is 3.39. The van der Waals surface area contributed by atoms with Gasteiger partial charge in [-0.1, -0.05) is 34.2 Å². The van der Waals surface area contributed by atoms with E-state index in [1.807, 2.05) is 6.92 Å². The van der Waals surface area contributed by atoms with E-state index in [4.69, 9.17) is 0 Å². The number of anilines is 1. The van der Waals surface area contributed by atoms with Gasteiger partial charge >= 0.3 is 0 Å². The number of hydrogen-bond acceptors (Lipinski definition) is 4. The van der Waals surface area contributed by atoms with Crippen LogP contribution < -0.4 is 5.32 Å². The third kappa shape index (κ3) is 3.13. The van der Waals surface area contributed by atoms with Gasteiger partial charge in [-0.3, -0.25) is 10.1 Å². The van der Waals surface area contributed by atoms with Crippen molar-refractivity contribution in [3.8, 4) is 0 Å². The monoisotopic (exact) mass is 347 g/mol. The molecule has 1 N–H and O–H groups in total. The Labute approximate surface area is 120 Å². The number of benzene rings is 1. The molecule has 0 spiro atoms. The van der Waals surface area contributed by atoms with Gasteiger partial charge in [0.05, 0.1) is 0 Å². The van der Waals surface area contributed by atoms with E-state index < -0.39 is 23.1 Å². The summed E-state index contributed by atoms with van der Waals surface area (Å²) in [7, 11) is 0. The molecule has 0 saturated heterocycles. The highest BCUT2D eigenvalue weighted by atomic mass is 79.9. The van der Waals surface area contributed by atoms with Gasteiger partial charge in [-0.05, 0) is 18.6 Å². The SMILES string of the molecule is CCc1nnc(NC(=O)c2c(F)cc(Br)cc2F)s1. The fourth-order valence-electron chi connectivity index (χ4n) is 1.37. The molecule has 0 fully saturated rings. The van der Waals surface area contributed by atoms with Crippen LogP contribution in [0.3, 0.4) is 0 Å². The molecule has 1 heterocycles. The summed E-state index contributed by atoms with van der Waals surface area (Å²) >= 11 is 4.11. The van der Waals surface area contributed by atoms with E-state index >= 15 is 0 Å². The second-order valence-electron chi connectivity index (χ2n) is 3.55. The van der Waals surface area contributed by atoms with Crippen LogP contribution in [-0.2, 0) is 6.42 Å². The molecule has 1 amide bonds. The van der Waals surface area contributed by atoms with E-state index in [0.717, 1.165) is 28.5 Å². The number of aryl methyl sites for hydroxylation is 1. The lowest BCUT2D eigenvalue weighted by molar-refractivity contribution is 0.101. The van der Waals surface area contributed by atoms with E-state index in [1.165, 1.54) is 0 Å². The molecule has 100 valence electrons. The number of aromatic nitrogens is 2. The maximum Gasteiger partial charge on any atom is 0.263 e. The lowest BCUT2D eigenvalue weighted by Crippen LogP contribution is -2.15. The quantitative estimate of drug-likeness (QED) is 0.925. The van der Waals surface area contributed by atoms with Crippen LogP contribution in [0.2, 0.25) is 0 Å². The van der Waals surface area contributed by atoms with Crippen molar-refractivity contribution in [2.24, 2.45) is 0 Å². The lowest BCUT2D eigenvalue weighted by atomic mass is 10.2. The molecular formula is C11H8BrF2N3OS. The summed E-state index contributed by atoms with van der Waals surface area (Å²) < 4.78 is 27.4. The van der Waals surface area contributed by atoms with Crippen LogP contribution in [0.15, 0.2) is 16.6 Å².